The van der Waals surface area contributed by atoms with Gasteiger partial charge in [-0.1, -0.05) is 28.6 Å². The minimum atomic E-state index is -4.63. The number of alkyl halides is 1. The summed E-state index contributed by atoms with van der Waals surface area (Å²) in [6, 6.07) is 0.915. The fraction of sp³-hybridized carbons (Fsp3) is 0.750. The molecule has 0 aromatic carbocycles. The van der Waals surface area contributed by atoms with Gasteiger partial charge in [-0.2, -0.15) is 0 Å². The molecule has 0 unspecified atom stereocenters. The SMILES string of the molecule is CC(C)(CO)C(=O)SCCOP(=O)(OCCSC(=O)C(C)(C)CO)OC[C@@]1(CN=[N+]=[N-])O[C@@H](n2ccc(=O)[nH]c2=O)[C@H](F)[C@@H]1O. The molecular weight excluding hydrogens is 664 g/mol. The van der Waals surface area contributed by atoms with Crippen LogP contribution in [0.5, 0.6) is 0 Å². The zero-order valence-electron chi connectivity index (χ0n) is 25.0. The highest BCUT2D eigenvalue weighted by molar-refractivity contribution is 8.14. The first-order valence-electron chi connectivity index (χ1n) is 13.4. The Kier molecular flexibility index (Phi) is 14.5. The maximum atomic E-state index is 15.3. The number of hydrogen-bond donors (Lipinski definition) is 4. The summed E-state index contributed by atoms with van der Waals surface area (Å²) in [7, 11) is -4.63. The van der Waals surface area contributed by atoms with Gasteiger partial charge in [-0.3, -0.25) is 37.5 Å². The van der Waals surface area contributed by atoms with E-state index in [2.05, 4.69) is 10.0 Å². The molecule has 4 N–H and O–H groups in total. The molecule has 17 nitrogen and oxygen atoms in total. The highest BCUT2D eigenvalue weighted by Crippen LogP contribution is 2.52. The van der Waals surface area contributed by atoms with Gasteiger partial charge in [0.15, 0.2) is 22.6 Å². The number of azide groups is 1. The zero-order chi connectivity index (χ0) is 34.1. The summed E-state index contributed by atoms with van der Waals surface area (Å²) in [5.74, 6) is -0.104. The highest BCUT2D eigenvalue weighted by Gasteiger charge is 2.57. The molecule has 0 radical (unpaired) electrons. The molecule has 1 saturated heterocycles. The second-order valence-corrected chi connectivity index (χ2v) is 14.9. The third-order valence-electron chi connectivity index (χ3n) is 6.49. The number of halogens is 1. The van der Waals surface area contributed by atoms with Crippen molar-refractivity contribution >= 4 is 41.6 Å². The number of rotatable bonds is 18. The Bertz CT molecular complexity index is 1360. The first kappa shape index (κ1) is 39.1. The van der Waals surface area contributed by atoms with Gasteiger partial charge >= 0.3 is 13.5 Å². The smallest absolute Gasteiger partial charge is 0.395 e. The standard InChI is InChI=1S/C24H37FN5O12PS2/c1-22(2,12-31)19(35)44-9-7-39-43(38,40-8-10-45-20(36)23(3,4)13-32)41-14-24(11-27-29-26)17(34)16(25)18(42-24)30-6-5-15(33)28-21(30)37/h5-6,16-18,31-32,34H,7-14H2,1-4H3,(H,28,33,37)/t16-,17+,18-,24-/m1/s1. The Morgan fingerprint density at radius 1 is 1.13 bits per heavy atom. The van der Waals surface area contributed by atoms with Crippen LogP contribution in [0, 0.1) is 10.8 Å². The average molecular weight is 702 g/mol. The lowest BCUT2D eigenvalue weighted by Crippen LogP contribution is -2.48. The van der Waals surface area contributed by atoms with E-state index in [1.54, 1.807) is 0 Å². The van der Waals surface area contributed by atoms with Crippen LogP contribution in [-0.4, -0.2) is 104 Å². The van der Waals surface area contributed by atoms with Gasteiger partial charge in [0.25, 0.3) is 5.56 Å². The molecule has 1 aromatic rings. The van der Waals surface area contributed by atoms with Gasteiger partial charge in [0, 0.05) is 28.7 Å². The van der Waals surface area contributed by atoms with Crippen LogP contribution in [0.1, 0.15) is 33.9 Å². The van der Waals surface area contributed by atoms with Gasteiger partial charge in [0.1, 0.15) is 11.7 Å². The fourth-order valence-corrected chi connectivity index (χ4v) is 6.58. The lowest BCUT2D eigenvalue weighted by molar-refractivity contribution is -0.122. The Morgan fingerprint density at radius 2 is 1.67 bits per heavy atom. The summed E-state index contributed by atoms with van der Waals surface area (Å²) in [4.78, 5) is 52.8. The van der Waals surface area contributed by atoms with E-state index in [1.165, 1.54) is 27.7 Å². The summed E-state index contributed by atoms with van der Waals surface area (Å²) >= 11 is 1.57. The van der Waals surface area contributed by atoms with Crippen LogP contribution in [0.3, 0.4) is 0 Å². The van der Waals surface area contributed by atoms with Crippen LogP contribution in [0.15, 0.2) is 27.0 Å². The number of thioether (sulfide) groups is 2. The van der Waals surface area contributed by atoms with Crippen molar-refractivity contribution in [1.29, 1.82) is 0 Å². The topological polar surface area (TPSA) is 252 Å². The van der Waals surface area contributed by atoms with Gasteiger partial charge in [-0.15, -0.1) is 0 Å². The maximum absolute atomic E-state index is 15.3. The summed E-state index contributed by atoms with van der Waals surface area (Å²) in [6.07, 6.45) is -5.32. The van der Waals surface area contributed by atoms with Crippen molar-refractivity contribution in [2.75, 3.05) is 51.1 Å². The monoisotopic (exact) mass is 701 g/mol. The lowest BCUT2D eigenvalue weighted by Gasteiger charge is -2.31. The van der Waals surface area contributed by atoms with E-state index < -0.39 is 80.4 Å². The number of phosphoric ester groups is 1. The summed E-state index contributed by atoms with van der Waals surface area (Å²) in [6.45, 7) is 2.81. The number of H-pyrrole nitrogens is 1. The van der Waals surface area contributed by atoms with Gasteiger partial charge in [-0.25, -0.2) is 13.8 Å². The third kappa shape index (κ3) is 10.5. The van der Waals surface area contributed by atoms with Crippen LogP contribution in [0.2, 0.25) is 0 Å². The molecule has 2 rings (SSSR count). The van der Waals surface area contributed by atoms with Crippen LogP contribution in [-0.2, 0) is 32.5 Å². The molecule has 0 saturated carbocycles. The number of aliphatic hydroxyl groups excluding tert-OH is 3. The van der Waals surface area contributed by atoms with E-state index in [-0.39, 0.29) is 35.0 Å². The number of aromatic amines is 1. The Hall–Kier alpha value is -2.09. The molecule has 4 atom stereocenters. The van der Waals surface area contributed by atoms with Crippen molar-refractivity contribution in [3.8, 4) is 0 Å². The molecule has 1 aromatic heterocycles. The molecule has 21 heteroatoms. The number of carbonyl (C=O) groups is 2. The Balaban J connectivity index is 2.25. The number of ether oxygens (including phenoxy) is 1. The van der Waals surface area contributed by atoms with Crippen LogP contribution in [0.4, 0.5) is 4.39 Å². The van der Waals surface area contributed by atoms with Gasteiger partial charge in [0.05, 0.1) is 50.4 Å². The summed E-state index contributed by atoms with van der Waals surface area (Å²) in [5.41, 5.74) is 2.74. The van der Waals surface area contributed by atoms with Crippen molar-refractivity contribution in [1.82, 2.24) is 9.55 Å². The highest BCUT2D eigenvalue weighted by atomic mass is 32.2. The number of aliphatic hydroxyl groups is 3. The number of phosphoric acid groups is 1. The molecule has 45 heavy (non-hydrogen) atoms. The van der Waals surface area contributed by atoms with E-state index in [9.17, 15) is 39.1 Å². The van der Waals surface area contributed by atoms with Crippen molar-refractivity contribution in [2.45, 2.75) is 51.8 Å². The van der Waals surface area contributed by atoms with Gasteiger partial charge in [-0.05, 0) is 33.2 Å². The molecule has 0 amide bonds. The maximum Gasteiger partial charge on any atom is 0.474 e. The van der Waals surface area contributed by atoms with Crippen molar-refractivity contribution < 1.29 is 52.2 Å². The van der Waals surface area contributed by atoms with Crippen molar-refractivity contribution in [2.24, 2.45) is 15.9 Å². The molecule has 254 valence electrons. The number of carbonyl (C=O) groups excluding carboxylic acids is 2. The lowest BCUT2D eigenvalue weighted by atomic mass is 9.97. The Morgan fingerprint density at radius 3 is 2.13 bits per heavy atom. The average Bonchev–Trinajstić information content (AvgIpc) is 3.24. The molecule has 1 aliphatic rings. The van der Waals surface area contributed by atoms with E-state index in [4.69, 9.17) is 23.8 Å². The first-order chi connectivity index (χ1) is 21.0. The van der Waals surface area contributed by atoms with Gasteiger partial charge < -0.3 is 20.1 Å². The second kappa shape index (κ2) is 16.6. The molecule has 0 bridgehead atoms. The van der Waals surface area contributed by atoms with Crippen LogP contribution < -0.4 is 11.2 Å². The number of nitrogens with zero attached hydrogens (tertiary/aromatic N) is 4. The van der Waals surface area contributed by atoms with Crippen LogP contribution in [0.25, 0.3) is 10.4 Å². The number of aromatic nitrogens is 2. The van der Waals surface area contributed by atoms with Gasteiger partial charge in [0.2, 0.25) is 0 Å². The quantitative estimate of drug-likeness (QED) is 0.0557. The Labute approximate surface area is 265 Å². The molecule has 1 fully saturated rings. The summed E-state index contributed by atoms with van der Waals surface area (Å²) < 4.78 is 51.4. The summed E-state index contributed by atoms with van der Waals surface area (Å²) in [5, 5.41) is 32.2. The predicted octanol–water partition coefficient (Wildman–Crippen LogP) is 1.53. The second-order valence-electron chi connectivity index (χ2n) is 11.1. The number of hydrogen-bond acceptors (Lipinski definition) is 15. The largest absolute Gasteiger partial charge is 0.474 e. The molecule has 0 spiro atoms. The zero-order valence-corrected chi connectivity index (χ0v) is 27.5. The molecular formula is C24H37FN5O12PS2. The van der Waals surface area contributed by atoms with E-state index >= 15 is 4.39 Å². The fourth-order valence-electron chi connectivity index (χ4n) is 3.49. The normalized spacial score (nSPS) is 22.3. The first-order valence-corrected chi connectivity index (χ1v) is 16.8. The van der Waals surface area contributed by atoms with Crippen molar-refractivity contribution in [3.63, 3.8) is 0 Å². The minimum absolute atomic E-state index is 0.0519. The predicted molar refractivity (Wildman–Crippen MR) is 161 cm³/mol. The van der Waals surface area contributed by atoms with Crippen LogP contribution >= 0.6 is 31.3 Å². The molecule has 1 aliphatic heterocycles. The van der Waals surface area contributed by atoms with E-state index in [0.29, 0.717) is 4.57 Å². The van der Waals surface area contributed by atoms with E-state index in [0.717, 1.165) is 35.8 Å². The molecule has 0 aliphatic carbocycles. The number of nitrogens with one attached hydrogen (secondary N) is 1. The third-order valence-corrected chi connectivity index (χ3v) is 10.3. The van der Waals surface area contributed by atoms with E-state index in [1.807, 2.05) is 4.98 Å². The minimum Gasteiger partial charge on any atom is -0.395 e. The molecule has 2 heterocycles. The van der Waals surface area contributed by atoms with Crippen molar-refractivity contribution in [3.05, 3.63) is 43.5 Å².